The Balaban J connectivity index is 0.00000218. The van der Waals surface area contributed by atoms with Gasteiger partial charge in [0.1, 0.15) is 0 Å². The van der Waals surface area contributed by atoms with Crippen molar-refractivity contribution < 1.29 is 9.59 Å². The monoisotopic (exact) mass is 420 g/mol. The lowest BCUT2D eigenvalue weighted by Gasteiger charge is -2.29. The first kappa shape index (κ1) is 20.6. The zero-order chi connectivity index (χ0) is 19.8. The van der Waals surface area contributed by atoms with E-state index in [1.807, 2.05) is 36.4 Å². The van der Waals surface area contributed by atoms with Gasteiger partial charge in [-0.25, -0.2) is 0 Å². The molecule has 4 nitrogen and oxygen atoms in total. The van der Waals surface area contributed by atoms with Gasteiger partial charge in [0.05, 0.1) is 0 Å². The second-order valence-corrected chi connectivity index (χ2v) is 7.97. The van der Waals surface area contributed by atoms with Crippen molar-refractivity contribution in [2.45, 2.75) is 25.8 Å². The summed E-state index contributed by atoms with van der Waals surface area (Å²) in [6, 6.07) is 20.0. The number of amides is 2. The second kappa shape index (κ2) is 8.58. The van der Waals surface area contributed by atoms with Crippen LogP contribution >= 0.6 is 12.4 Å². The van der Waals surface area contributed by atoms with Gasteiger partial charge in [-0.2, -0.15) is 0 Å². The van der Waals surface area contributed by atoms with Crippen LogP contribution in [0.3, 0.4) is 0 Å². The zero-order valence-corrected chi connectivity index (χ0v) is 17.7. The Morgan fingerprint density at radius 3 is 2.07 bits per heavy atom. The highest BCUT2D eigenvalue weighted by Gasteiger charge is 2.32. The van der Waals surface area contributed by atoms with Crippen LogP contribution in [-0.2, 0) is 13.0 Å². The van der Waals surface area contributed by atoms with Crippen LogP contribution in [0.2, 0.25) is 0 Å². The lowest BCUT2D eigenvalue weighted by Crippen LogP contribution is -2.41. The highest BCUT2D eigenvalue weighted by molar-refractivity contribution is 6.25. The van der Waals surface area contributed by atoms with E-state index in [9.17, 15) is 9.59 Å². The molecule has 0 saturated carbocycles. The van der Waals surface area contributed by atoms with Gasteiger partial charge in [0.25, 0.3) is 11.8 Å². The lowest BCUT2D eigenvalue weighted by molar-refractivity contribution is 0.0606. The molecule has 0 unspecified atom stereocenters. The molecule has 3 aromatic carbocycles. The SMILES string of the molecule is Cl.O=C1c2cccc3cccc(c23)C(=O)N1CCCCN1CCc2ccccc2C1. The summed E-state index contributed by atoms with van der Waals surface area (Å²) in [6.07, 6.45) is 2.90. The first-order valence-electron chi connectivity index (χ1n) is 10.4. The lowest BCUT2D eigenvalue weighted by atomic mass is 9.94. The van der Waals surface area contributed by atoms with Gasteiger partial charge < -0.3 is 0 Å². The highest BCUT2D eigenvalue weighted by atomic mass is 35.5. The number of fused-ring (bicyclic) bond motifs is 1. The molecular weight excluding hydrogens is 396 g/mol. The smallest absolute Gasteiger partial charge is 0.261 e. The molecule has 0 radical (unpaired) electrons. The number of unbranched alkanes of at least 4 members (excludes halogenated alkanes) is 1. The third-order valence-electron chi connectivity index (χ3n) is 6.17. The Morgan fingerprint density at radius 2 is 1.37 bits per heavy atom. The number of halogens is 1. The molecule has 0 aliphatic carbocycles. The van der Waals surface area contributed by atoms with Crippen LogP contribution in [0.5, 0.6) is 0 Å². The van der Waals surface area contributed by atoms with Crippen LogP contribution in [-0.4, -0.2) is 41.2 Å². The molecule has 30 heavy (non-hydrogen) atoms. The summed E-state index contributed by atoms with van der Waals surface area (Å²) >= 11 is 0. The maximum Gasteiger partial charge on any atom is 0.261 e. The standard InChI is InChI=1S/C25H24N2O2.ClH/c28-24-21-11-5-9-19-10-6-12-22(23(19)21)25(29)27(24)15-4-3-14-26-16-13-18-7-1-2-8-20(18)17-26;/h1-2,5-12H,3-4,13-17H2;1H. The number of rotatable bonds is 5. The summed E-state index contributed by atoms with van der Waals surface area (Å²) in [6.45, 7) is 3.55. The molecule has 0 atom stereocenters. The maximum absolute atomic E-state index is 12.9. The number of hydrogen-bond acceptors (Lipinski definition) is 3. The molecule has 154 valence electrons. The topological polar surface area (TPSA) is 40.6 Å². The normalized spacial score (nSPS) is 15.8. The number of carbonyl (C=O) groups excluding carboxylic acids is 2. The van der Waals surface area contributed by atoms with Gasteiger partial charge in [-0.1, -0.05) is 48.5 Å². The third kappa shape index (κ3) is 3.62. The molecule has 0 aromatic heterocycles. The fraction of sp³-hybridized carbons (Fsp3) is 0.280. The van der Waals surface area contributed by atoms with E-state index in [0.717, 1.165) is 49.7 Å². The Kier molecular flexibility index (Phi) is 5.89. The third-order valence-corrected chi connectivity index (χ3v) is 6.17. The minimum Gasteiger partial charge on any atom is -0.299 e. The van der Waals surface area contributed by atoms with Crippen molar-refractivity contribution in [1.82, 2.24) is 9.80 Å². The fourth-order valence-electron chi connectivity index (χ4n) is 4.63. The first-order chi connectivity index (χ1) is 14.2. The van der Waals surface area contributed by atoms with Gasteiger partial charge in [0.2, 0.25) is 0 Å². The van der Waals surface area contributed by atoms with Crippen molar-refractivity contribution in [2.75, 3.05) is 19.6 Å². The Morgan fingerprint density at radius 1 is 0.733 bits per heavy atom. The maximum atomic E-state index is 12.9. The number of imide groups is 1. The van der Waals surface area contributed by atoms with Gasteiger partial charge in [0.15, 0.2) is 0 Å². The van der Waals surface area contributed by atoms with Gasteiger partial charge in [-0.15, -0.1) is 12.4 Å². The predicted octanol–water partition coefficient (Wildman–Crippen LogP) is 4.70. The molecule has 3 aromatic rings. The summed E-state index contributed by atoms with van der Waals surface area (Å²) in [7, 11) is 0. The van der Waals surface area contributed by atoms with Gasteiger partial charge >= 0.3 is 0 Å². The predicted molar refractivity (Wildman–Crippen MR) is 121 cm³/mol. The van der Waals surface area contributed by atoms with E-state index in [-0.39, 0.29) is 24.2 Å². The summed E-state index contributed by atoms with van der Waals surface area (Å²) in [4.78, 5) is 29.8. The largest absolute Gasteiger partial charge is 0.299 e. The van der Waals surface area contributed by atoms with Crippen LogP contribution in [0, 0.1) is 0 Å². The van der Waals surface area contributed by atoms with Gasteiger partial charge in [-0.3, -0.25) is 19.4 Å². The van der Waals surface area contributed by atoms with Crippen LogP contribution < -0.4 is 0 Å². The van der Waals surface area contributed by atoms with Crippen LogP contribution in [0.25, 0.3) is 10.8 Å². The Labute approximate surface area is 182 Å². The van der Waals surface area contributed by atoms with E-state index < -0.39 is 0 Å². The van der Waals surface area contributed by atoms with E-state index in [4.69, 9.17) is 0 Å². The Bertz CT molecular complexity index is 1060. The molecule has 5 heteroatoms. The van der Waals surface area contributed by atoms with Crippen LogP contribution in [0.15, 0.2) is 60.7 Å². The van der Waals surface area contributed by atoms with Crippen LogP contribution in [0.1, 0.15) is 44.7 Å². The molecule has 2 amide bonds. The number of hydrogen-bond donors (Lipinski definition) is 0. The molecule has 5 rings (SSSR count). The fourth-order valence-corrected chi connectivity index (χ4v) is 4.63. The molecule has 0 fully saturated rings. The van der Waals surface area contributed by atoms with Crippen molar-refractivity contribution in [3.05, 3.63) is 82.9 Å². The molecule has 0 bridgehead atoms. The van der Waals surface area contributed by atoms with Crippen molar-refractivity contribution in [3.8, 4) is 0 Å². The summed E-state index contributed by atoms with van der Waals surface area (Å²) in [5.41, 5.74) is 4.17. The molecule has 0 N–H and O–H groups in total. The molecule has 0 saturated heterocycles. The minimum atomic E-state index is -0.161. The van der Waals surface area contributed by atoms with E-state index >= 15 is 0 Å². The molecule has 2 aliphatic rings. The van der Waals surface area contributed by atoms with E-state index in [2.05, 4.69) is 29.2 Å². The average Bonchev–Trinajstić information content (AvgIpc) is 2.76. The summed E-state index contributed by atoms with van der Waals surface area (Å²) < 4.78 is 0. The van der Waals surface area contributed by atoms with E-state index in [1.54, 1.807) is 0 Å². The number of carbonyl (C=O) groups is 2. The van der Waals surface area contributed by atoms with Crippen molar-refractivity contribution in [3.63, 3.8) is 0 Å². The summed E-state index contributed by atoms with van der Waals surface area (Å²) in [5.74, 6) is -0.322. The van der Waals surface area contributed by atoms with E-state index in [0.29, 0.717) is 17.7 Å². The van der Waals surface area contributed by atoms with Crippen molar-refractivity contribution >= 4 is 35.0 Å². The van der Waals surface area contributed by atoms with Crippen molar-refractivity contribution in [2.24, 2.45) is 0 Å². The molecular formula is C25H25ClN2O2. The van der Waals surface area contributed by atoms with Gasteiger partial charge in [-0.05, 0) is 54.5 Å². The molecule has 2 heterocycles. The highest BCUT2D eigenvalue weighted by Crippen LogP contribution is 2.30. The molecule has 2 aliphatic heterocycles. The van der Waals surface area contributed by atoms with E-state index in [1.165, 1.54) is 16.0 Å². The average molecular weight is 421 g/mol. The zero-order valence-electron chi connectivity index (χ0n) is 16.8. The summed E-state index contributed by atoms with van der Waals surface area (Å²) in [5, 5.41) is 1.75. The van der Waals surface area contributed by atoms with Crippen LogP contribution in [0.4, 0.5) is 0 Å². The first-order valence-corrected chi connectivity index (χ1v) is 10.4. The van der Waals surface area contributed by atoms with Gasteiger partial charge in [0, 0.05) is 36.1 Å². The second-order valence-electron chi connectivity index (χ2n) is 7.97. The number of benzene rings is 3. The van der Waals surface area contributed by atoms with Crippen molar-refractivity contribution in [1.29, 1.82) is 0 Å². The quantitative estimate of drug-likeness (QED) is 0.444. The number of nitrogens with zero attached hydrogens (tertiary/aromatic N) is 2. The Hall–Kier alpha value is -2.69. The minimum absolute atomic E-state index is 0. The molecule has 0 spiro atoms.